The summed E-state index contributed by atoms with van der Waals surface area (Å²) in [5.41, 5.74) is 10.8. The molecule has 29 heavy (non-hydrogen) atoms. The molecule has 5 nitrogen and oxygen atoms in total. The maximum Gasteiger partial charge on any atom is 0.124 e. The average molecular weight is 390 g/mol. The number of aryl methyl sites for hydroxylation is 1. The second kappa shape index (κ2) is 8.89. The topological polar surface area (TPSA) is 60.0 Å². The van der Waals surface area contributed by atoms with Crippen molar-refractivity contribution in [2.75, 3.05) is 0 Å². The molecule has 2 N–H and O–H groups in total. The Labute approximate surface area is 173 Å². The van der Waals surface area contributed by atoms with Gasteiger partial charge >= 0.3 is 0 Å². The third kappa shape index (κ3) is 4.41. The summed E-state index contributed by atoms with van der Waals surface area (Å²) in [5, 5.41) is 0. The van der Waals surface area contributed by atoms with Crippen LogP contribution in [-0.4, -0.2) is 31.5 Å². The lowest BCUT2D eigenvalue weighted by atomic mass is 9.90. The number of fused-ring (bicyclic) bond motifs is 1. The monoisotopic (exact) mass is 389 g/mol. The van der Waals surface area contributed by atoms with Crippen molar-refractivity contribution in [2.45, 2.75) is 64.3 Å². The van der Waals surface area contributed by atoms with Gasteiger partial charge in [-0.2, -0.15) is 0 Å². The Morgan fingerprint density at radius 2 is 1.93 bits per heavy atom. The molecule has 0 radical (unpaired) electrons. The van der Waals surface area contributed by atoms with Gasteiger partial charge in [0.25, 0.3) is 0 Å². The number of nitrogens with zero attached hydrogens (tertiary/aromatic N) is 4. The van der Waals surface area contributed by atoms with Crippen LogP contribution in [0.2, 0.25) is 0 Å². The van der Waals surface area contributed by atoms with E-state index in [4.69, 9.17) is 10.7 Å². The molecule has 1 saturated carbocycles. The first-order valence-corrected chi connectivity index (χ1v) is 10.6. The van der Waals surface area contributed by atoms with E-state index >= 15 is 0 Å². The molecule has 0 saturated heterocycles. The maximum absolute atomic E-state index is 6.18. The number of para-hydroxylation sites is 2. The molecule has 0 amide bonds. The number of nitrogens with two attached hydrogens (primary N) is 1. The van der Waals surface area contributed by atoms with Crippen molar-refractivity contribution in [3.05, 3.63) is 72.3 Å². The zero-order chi connectivity index (χ0) is 20.2. The van der Waals surface area contributed by atoms with Crippen LogP contribution < -0.4 is 5.73 Å². The molecule has 1 aromatic carbocycles. The Kier molecular flexibility index (Phi) is 6.07. The van der Waals surface area contributed by atoms with Gasteiger partial charge in [-0.15, -0.1) is 6.58 Å². The van der Waals surface area contributed by atoms with Gasteiger partial charge in [0.05, 0.1) is 23.3 Å². The van der Waals surface area contributed by atoms with Gasteiger partial charge in [-0.1, -0.05) is 24.3 Å². The normalized spacial score (nSPS) is 19.7. The number of aromatic nitrogens is 3. The van der Waals surface area contributed by atoms with E-state index in [1.165, 1.54) is 11.1 Å². The van der Waals surface area contributed by atoms with Gasteiger partial charge in [0.1, 0.15) is 5.82 Å². The fourth-order valence-electron chi connectivity index (χ4n) is 4.42. The number of rotatable bonds is 7. The fraction of sp³-hybridized carbons (Fsp3) is 0.417. The lowest BCUT2D eigenvalue weighted by molar-refractivity contribution is 0.128. The Balaban J connectivity index is 1.66. The highest BCUT2D eigenvalue weighted by Crippen LogP contribution is 2.26. The molecule has 4 rings (SSSR count). The van der Waals surface area contributed by atoms with Crippen molar-refractivity contribution in [3.63, 3.8) is 0 Å². The largest absolute Gasteiger partial charge is 0.328 e. The summed E-state index contributed by atoms with van der Waals surface area (Å²) in [4.78, 5) is 12.2. The van der Waals surface area contributed by atoms with Gasteiger partial charge in [-0.3, -0.25) is 9.88 Å². The highest BCUT2D eigenvalue weighted by atomic mass is 15.2. The first-order chi connectivity index (χ1) is 14.2. The molecule has 1 fully saturated rings. The molecule has 1 aliphatic carbocycles. The Bertz CT molecular complexity index is 968. The van der Waals surface area contributed by atoms with Gasteiger partial charge in [0, 0.05) is 31.4 Å². The Hall–Kier alpha value is -2.50. The van der Waals surface area contributed by atoms with Crippen LogP contribution in [0.15, 0.2) is 55.3 Å². The molecule has 3 aromatic rings. The first-order valence-electron chi connectivity index (χ1n) is 10.6. The number of imidazole rings is 1. The highest BCUT2D eigenvalue weighted by Gasteiger charge is 2.26. The van der Waals surface area contributed by atoms with Crippen LogP contribution in [0.4, 0.5) is 0 Å². The molecule has 2 heterocycles. The molecule has 2 aromatic heterocycles. The van der Waals surface area contributed by atoms with Crippen molar-refractivity contribution in [1.29, 1.82) is 0 Å². The Morgan fingerprint density at radius 1 is 1.14 bits per heavy atom. The highest BCUT2D eigenvalue weighted by molar-refractivity contribution is 5.75. The summed E-state index contributed by atoms with van der Waals surface area (Å²) in [6.45, 7) is 8.50. The lowest BCUT2D eigenvalue weighted by Crippen LogP contribution is -2.41. The van der Waals surface area contributed by atoms with Crippen LogP contribution in [0, 0.1) is 6.92 Å². The van der Waals surface area contributed by atoms with E-state index in [9.17, 15) is 0 Å². The van der Waals surface area contributed by atoms with Crippen molar-refractivity contribution in [2.24, 2.45) is 5.73 Å². The predicted octanol–water partition coefficient (Wildman–Crippen LogP) is 4.20. The third-order valence-electron chi connectivity index (χ3n) is 6.12. The lowest BCUT2D eigenvalue weighted by Gasteiger charge is -2.36. The zero-order valence-electron chi connectivity index (χ0n) is 17.3. The number of benzene rings is 1. The van der Waals surface area contributed by atoms with Gasteiger partial charge in [-0.25, -0.2) is 4.98 Å². The molecular weight excluding hydrogens is 358 g/mol. The van der Waals surface area contributed by atoms with E-state index in [0.29, 0.717) is 12.1 Å². The molecule has 5 heteroatoms. The van der Waals surface area contributed by atoms with Gasteiger partial charge in [0.15, 0.2) is 0 Å². The Morgan fingerprint density at radius 3 is 2.69 bits per heavy atom. The number of pyridine rings is 1. The SMILES string of the molecule is C=CCn1c(CN(Cc2ncccc2C)C2CCC(N)CC2)nc2ccccc21. The zero-order valence-corrected chi connectivity index (χ0v) is 17.3. The quantitative estimate of drug-likeness (QED) is 0.615. The van der Waals surface area contributed by atoms with Crippen molar-refractivity contribution >= 4 is 11.0 Å². The van der Waals surface area contributed by atoms with E-state index in [2.05, 4.69) is 58.3 Å². The van der Waals surface area contributed by atoms with E-state index in [1.807, 2.05) is 18.3 Å². The number of hydrogen-bond donors (Lipinski definition) is 1. The predicted molar refractivity (Wildman–Crippen MR) is 118 cm³/mol. The summed E-state index contributed by atoms with van der Waals surface area (Å²) < 4.78 is 2.29. The van der Waals surface area contributed by atoms with Crippen LogP contribution in [-0.2, 0) is 19.6 Å². The smallest absolute Gasteiger partial charge is 0.124 e. The third-order valence-corrected chi connectivity index (χ3v) is 6.12. The molecule has 0 aliphatic heterocycles. The molecule has 152 valence electrons. The first kappa shape index (κ1) is 19.8. The second-order valence-electron chi connectivity index (χ2n) is 8.16. The van der Waals surface area contributed by atoms with Gasteiger partial charge < -0.3 is 10.3 Å². The van der Waals surface area contributed by atoms with Crippen LogP contribution in [0.5, 0.6) is 0 Å². The molecule has 0 spiro atoms. The minimum absolute atomic E-state index is 0.343. The van der Waals surface area contributed by atoms with Crippen LogP contribution in [0.1, 0.15) is 42.8 Å². The number of hydrogen-bond acceptors (Lipinski definition) is 4. The van der Waals surface area contributed by atoms with Crippen molar-refractivity contribution in [1.82, 2.24) is 19.4 Å². The van der Waals surface area contributed by atoms with Crippen molar-refractivity contribution < 1.29 is 0 Å². The maximum atomic E-state index is 6.18. The summed E-state index contributed by atoms with van der Waals surface area (Å²) in [5.74, 6) is 1.09. The standard InChI is InChI=1S/C24H31N5/c1-3-15-29-23-9-5-4-8-21(23)27-24(29)17-28(20-12-10-19(25)11-13-20)16-22-18(2)7-6-14-26-22/h3-9,14,19-20H,1,10-13,15-17,25H2,2H3. The number of allylic oxidation sites excluding steroid dienone is 1. The fourth-order valence-corrected chi connectivity index (χ4v) is 4.42. The van der Waals surface area contributed by atoms with Gasteiger partial charge in [-0.05, 0) is 56.4 Å². The van der Waals surface area contributed by atoms with E-state index in [0.717, 1.165) is 62.4 Å². The molecular formula is C24H31N5. The van der Waals surface area contributed by atoms with Crippen LogP contribution in [0.3, 0.4) is 0 Å². The summed E-state index contributed by atoms with van der Waals surface area (Å²) in [6, 6.07) is 13.4. The minimum atomic E-state index is 0.343. The molecule has 0 bridgehead atoms. The van der Waals surface area contributed by atoms with Crippen molar-refractivity contribution in [3.8, 4) is 0 Å². The van der Waals surface area contributed by atoms with E-state index < -0.39 is 0 Å². The molecule has 1 aliphatic rings. The molecule has 0 atom stereocenters. The van der Waals surface area contributed by atoms with Crippen LogP contribution >= 0.6 is 0 Å². The summed E-state index contributed by atoms with van der Waals surface area (Å²) in [6.07, 6.45) is 8.29. The van der Waals surface area contributed by atoms with E-state index in [1.54, 1.807) is 0 Å². The van der Waals surface area contributed by atoms with Crippen LogP contribution in [0.25, 0.3) is 11.0 Å². The molecule has 0 unspecified atom stereocenters. The van der Waals surface area contributed by atoms with E-state index in [-0.39, 0.29) is 0 Å². The minimum Gasteiger partial charge on any atom is -0.328 e. The average Bonchev–Trinajstić information content (AvgIpc) is 3.07. The second-order valence-corrected chi connectivity index (χ2v) is 8.16. The summed E-state index contributed by atoms with van der Waals surface area (Å²) in [7, 11) is 0. The summed E-state index contributed by atoms with van der Waals surface area (Å²) >= 11 is 0. The van der Waals surface area contributed by atoms with Gasteiger partial charge in [0.2, 0.25) is 0 Å².